The molecule has 0 amide bonds. The van der Waals surface area contributed by atoms with Gasteiger partial charge in [-0.25, -0.2) is 9.98 Å². The summed E-state index contributed by atoms with van der Waals surface area (Å²) in [6, 6.07) is 8.16. The van der Waals surface area contributed by atoms with E-state index in [9.17, 15) is 0 Å². The summed E-state index contributed by atoms with van der Waals surface area (Å²) >= 11 is 5.24. The first-order chi connectivity index (χ1) is 11.2. The number of benzene rings is 1. The lowest BCUT2D eigenvalue weighted by Gasteiger charge is -2.16. The second kappa shape index (κ2) is 6.75. The van der Waals surface area contributed by atoms with Crippen LogP contribution in [0.1, 0.15) is 17.5 Å². The Hall–Kier alpha value is -2.47. The number of fused-ring (bicyclic) bond motifs is 1. The van der Waals surface area contributed by atoms with E-state index < -0.39 is 0 Å². The number of aryl methyl sites for hydroxylation is 1. The number of aromatic nitrogens is 1. The molecule has 23 heavy (non-hydrogen) atoms. The van der Waals surface area contributed by atoms with E-state index in [1.807, 2.05) is 12.1 Å². The molecular formula is C17H18N4OS. The number of methoxy groups -OCH3 is 1. The molecule has 3 rings (SSSR count). The molecule has 0 atom stereocenters. The van der Waals surface area contributed by atoms with E-state index in [2.05, 4.69) is 27.4 Å². The number of nitrogens with one attached hydrogen (secondary N) is 1. The Labute approximate surface area is 140 Å². The maximum atomic E-state index is 5.34. The molecule has 1 aliphatic rings. The van der Waals surface area contributed by atoms with Gasteiger partial charge in [-0.15, -0.1) is 0 Å². The van der Waals surface area contributed by atoms with Gasteiger partial charge in [0, 0.05) is 17.8 Å². The van der Waals surface area contributed by atoms with E-state index in [0.717, 1.165) is 36.1 Å². The number of anilines is 1. The molecule has 0 bridgehead atoms. The van der Waals surface area contributed by atoms with Crippen molar-refractivity contribution in [3.8, 4) is 17.0 Å². The van der Waals surface area contributed by atoms with Gasteiger partial charge in [0.2, 0.25) is 5.88 Å². The average Bonchev–Trinajstić information content (AvgIpc) is 3.04. The molecule has 0 saturated heterocycles. The largest absolute Gasteiger partial charge is 0.481 e. The normalized spacial score (nSPS) is 13.1. The van der Waals surface area contributed by atoms with Crippen LogP contribution >= 0.6 is 12.2 Å². The number of nitrogens with two attached hydrogens (primary N) is 1. The monoisotopic (exact) mass is 326 g/mol. The van der Waals surface area contributed by atoms with Gasteiger partial charge in [0.05, 0.1) is 19.1 Å². The molecule has 0 radical (unpaired) electrons. The number of aliphatic imine (C=N–C) groups is 1. The second-order valence-electron chi connectivity index (χ2n) is 5.27. The van der Waals surface area contributed by atoms with Gasteiger partial charge >= 0.3 is 0 Å². The molecule has 118 valence electrons. The highest BCUT2D eigenvalue weighted by molar-refractivity contribution is 7.80. The highest BCUT2D eigenvalue weighted by Crippen LogP contribution is 2.38. The van der Waals surface area contributed by atoms with Crippen LogP contribution in [0.25, 0.3) is 11.1 Å². The molecule has 3 N–H and O–H groups in total. The fraction of sp³-hybridized carbons (Fsp3) is 0.235. The first kappa shape index (κ1) is 15.4. The first-order valence-electron chi connectivity index (χ1n) is 7.43. The third-order valence-corrected chi connectivity index (χ3v) is 4.17. The van der Waals surface area contributed by atoms with Crippen molar-refractivity contribution in [3.63, 3.8) is 0 Å². The molecule has 0 spiro atoms. The predicted octanol–water partition coefficient (Wildman–Crippen LogP) is 2.93. The van der Waals surface area contributed by atoms with E-state index in [4.69, 9.17) is 22.7 Å². The molecule has 1 aliphatic carbocycles. The molecule has 1 aromatic heterocycles. The standard InChI is InChI=1S/C17H18N4OS/c1-22-15-9-12(7-8-19-15)14-6-5-11-3-2-4-13(11)16(14)21-17(23)20-10-18/h5-10H,2-4H2,1H3,(H3,18,20,21,23). The molecule has 6 heteroatoms. The SMILES string of the molecule is COc1cc(-c2ccc3c(c2NC(=S)N=CN)CCC3)ccn1. The number of rotatable bonds is 3. The summed E-state index contributed by atoms with van der Waals surface area (Å²) in [6.07, 6.45) is 6.22. The van der Waals surface area contributed by atoms with Crippen LogP contribution in [0.3, 0.4) is 0 Å². The summed E-state index contributed by atoms with van der Waals surface area (Å²) in [4.78, 5) is 8.12. The van der Waals surface area contributed by atoms with Crippen LogP contribution in [0, 0.1) is 0 Å². The summed E-state index contributed by atoms with van der Waals surface area (Å²) in [6.45, 7) is 0. The molecule has 0 unspecified atom stereocenters. The van der Waals surface area contributed by atoms with Crippen molar-refractivity contribution in [3.05, 3.63) is 41.6 Å². The molecule has 1 heterocycles. The van der Waals surface area contributed by atoms with Crippen molar-refractivity contribution in [2.45, 2.75) is 19.3 Å². The zero-order chi connectivity index (χ0) is 16.2. The van der Waals surface area contributed by atoms with Gasteiger partial charge in [-0.1, -0.05) is 12.1 Å². The van der Waals surface area contributed by atoms with Crippen LogP contribution in [-0.4, -0.2) is 23.5 Å². The lowest BCUT2D eigenvalue weighted by Crippen LogP contribution is -2.11. The highest BCUT2D eigenvalue weighted by atomic mass is 32.1. The Morgan fingerprint density at radius 1 is 1.39 bits per heavy atom. The predicted molar refractivity (Wildman–Crippen MR) is 97.2 cm³/mol. The maximum absolute atomic E-state index is 5.34. The quantitative estimate of drug-likeness (QED) is 0.515. The smallest absolute Gasteiger partial charge is 0.213 e. The van der Waals surface area contributed by atoms with Crippen LogP contribution < -0.4 is 15.8 Å². The zero-order valence-electron chi connectivity index (χ0n) is 12.9. The van der Waals surface area contributed by atoms with Crippen LogP contribution in [-0.2, 0) is 12.8 Å². The Morgan fingerprint density at radius 2 is 2.26 bits per heavy atom. The van der Waals surface area contributed by atoms with Crippen LogP contribution in [0.15, 0.2) is 35.5 Å². The molecule has 2 aromatic rings. The summed E-state index contributed by atoms with van der Waals surface area (Å²) in [7, 11) is 1.61. The van der Waals surface area contributed by atoms with Crippen molar-refractivity contribution in [2.24, 2.45) is 10.7 Å². The summed E-state index contributed by atoms with van der Waals surface area (Å²) in [5, 5.41) is 3.60. The molecule has 1 aromatic carbocycles. The summed E-state index contributed by atoms with van der Waals surface area (Å²) in [5.74, 6) is 0.580. The van der Waals surface area contributed by atoms with Crippen molar-refractivity contribution in [2.75, 3.05) is 12.4 Å². The fourth-order valence-corrected chi connectivity index (χ4v) is 3.11. The van der Waals surface area contributed by atoms with E-state index in [1.54, 1.807) is 13.3 Å². The van der Waals surface area contributed by atoms with Gasteiger partial charge in [0.25, 0.3) is 0 Å². The lowest BCUT2D eigenvalue weighted by atomic mass is 9.98. The molecule has 0 fully saturated rings. The topological polar surface area (TPSA) is 72.5 Å². The van der Waals surface area contributed by atoms with E-state index >= 15 is 0 Å². The van der Waals surface area contributed by atoms with Gasteiger partial charge in [0.15, 0.2) is 5.11 Å². The van der Waals surface area contributed by atoms with E-state index in [-0.39, 0.29) is 0 Å². The number of pyridine rings is 1. The highest BCUT2D eigenvalue weighted by Gasteiger charge is 2.19. The number of thiocarbonyl (C=S) groups is 1. The molecule has 0 aliphatic heterocycles. The maximum Gasteiger partial charge on any atom is 0.213 e. The number of hydrogen-bond donors (Lipinski definition) is 2. The van der Waals surface area contributed by atoms with Crippen LogP contribution in [0.5, 0.6) is 5.88 Å². The minimum atomic E-state index is 0.357. The van der Waals surface area contributed by atoms with Crippen molar-refractivity contribution >= 4 is 29.4 Å². The first-order valence-corrected chi connectivity index (χ1v) is 7.84. The van der Waals surface area contributed by atoms with Crippen molar-refractivity contribution in [1.29, 1.82) is 0 Å². The number of nitrogens with zero attached hydrogens (tertiary/aromatic N) is 2. The van der Waals surface area contributed by atoms with Crippen molar-refractivity contribution < 1.29 is 4.74 Å². The molecular weight excluding hydrogens is 308 g/mol. The number of hydrogen-bond acceptors (Lipinski definition) is 3. The summed E-state index contributed by atoms with van der Waals surface area (Å²) < 4.78 is 5.23. The van der Waals surface area contributed by atoms with Gasteiger partial charge < -0.3 is 15.8 Å². The van der Waals surface area contributed by atoms with E-state index in [0.29, 0.717) is 11.0 Å². The third-order valence-electron chi connectivity index (χ3n) is 3.96. The number of ether oxygens (including phenoxy) is 1. The Bertz CT molecular complexity index is 773. The average molecular weight is 326 g/mol. The Morgan fingerprint density at radius 3 is 3.04 bits per heavy atom. The molecule has 5 nitrogen and oxygen atoms in total. The van der Waals surface area contributed by atoms with Gasteiger partial charge in [0.1, 0.15) is 0 Å². The van der Waals surface area contributed by atoms with Gasteiger partial charge in [-0.2, -0.15) is 0 Å². The van der Waals surface area contributed by atoms with Gasteiger partial charge in [-0.05, 0) is 54.2 Å². The summed E-state index contributed by atoms with van der Waals surface area (Å²) in [5.41, 5.74) is 11.1. The third kappa shape index (κ3) is 3.17. The fourth-order valence-electron chi connectivity index (χ4n) is 2.95. The van der Waals surface area contributed by atoms with Crippen LogP contribution in [0.4, 0.5) is 5.69 Å². The lowest BCUT2D eigenvalue weighted by molar-refractivity contribution is 0.398. The van der Waals surface area contributed by atoms with Crippen LogP contribution in [0.2, 0.25) is 0 Å². The molecule has 0 saturated carbocycles. The zero-order valence-corrected chi connectivity index (χ0v) is 13.7. The Balaban J connectivity index is 2.10. The minimum Gasteiger partial charge on any atom is -0.481 e. The van der Waals surface area contributed by atoms with Crippen molar-refractivity contribution in [1.82, 2.24) is 4.98 Å². The van der Waals surface area contributed by atoms with E-state index in [1.165, 1.54) is 17.5 Å². The minimum absolute atomic E-state index is 0.357. The van der Waals surface area contributed by atoms with Gasteiger partial charge in [-0.3, -0.25) is 0 Å². The second-order valence-corrected chi connectivity index (χ2v) is 5.66. The Kier molecular flexibility index (Phi) is 4.52.